The number of halogens is 2. The van der Waals surface area contributed by atoms with Crippen molar-refractivity contribution in [2.75, 3.05) is 5.32 Å². The van der Waals surface area contributed by atoms with Crippen LogP contribution < -0.4 is 5.32 Å². The van der Waals surface area contributed by atoms with Gasteiger partial charge in [-0.15, -0.1) is 0 Å². The maximum absolute atomic E-state index is 12.9. The fourth-order valence-electron chi connectivity index (χ4n) is 0.859. The van der Waals surface area contributed by atoms with Crippen LogP contribution in [-0.4, -0.2) is 0 Å². The first-order chi connectivity index (χ1) is 5.65. The van der Waals surface area contributed by atoms with Gasteiger partial charge in [0.25, 0.3) is 0 Å². The SMILES string of the molecule is C#CNc1cc(I)c(F)cc1C. The van der Waals surface area contributed by atoms with Gasteiger partial charge in [-0.1, -0.05) is 6.42 Å². The van der Waals surface area contributed by atoms with Crippen molar-refractivity contribution < 1.29 is 4.39 Å². The molecule has 1 aromatic carbocycles. The Hall–Kier alpha value is -0.760. The first-order valence-corrected chi connectivity index (χ1v) is 4.40. The van der Waals surface area contributed by atoms with Crippen molar-refractivity contribution in [2.24, 2.45) is 0 Å². The summed E-state index contributed by atoms with van der Waals surface area (Å²) in [5.74, 6) is -0.212. The molecular weight excluding hydrogens is 268 g/mol. The fraction of sp³-hybridized carbons (Fsp3) is 0.111. The van der Waals surface area contributed by atoms with Gasteiger partial charge in [0.05, 0.1) is 9.26 Å². The van der Waals surface area contributed by atoms with Crippen molar-refractivity contribution in [2.45, 2.75) is 6.92 Å². The number of nitrogens with one attached hydrogen (secondary N) is 1. The lowest BCUT2D eigenvalue weighted by Gasteiger charge is -2.04. The number of terminal acetylenes is 1. The number of rotatable bonds is 1. The molecule has 0 atom stereocenters. The average Bonchev–Trinajstić information content (AvgIpc) is 2.01. The third-order valence-electron chi connectivity index (χ3n) is 1.47. The fourth-order valence-corrected chi connectivity index (χ4v) is 1.33. The summed E-state index contributed by atoms with van der Waals surface area (Å²) in [6, 6.07) is 5.44. The average molecular weight is 275 g/mol. The largest absolute Gasteiger partial charge is 0.315 e. The first-order valence-electron chi connectivity index (χ1n) is 3.32. The molecule has 1 rings (SSSR count). The van der Waals surface area contributed by atoms with Gasteiger partial charge in [0.1, 0.15) is 5.82 Å². The number of hydrogen-bond acceptors (Lipinski definition) is 1. The van der Waals surface area contributed by atoms with Crippen LogP contribution in [0, 0.1) is 28.8 Å². The highest BCUT2D eigenvalue weighted by molar-refractivity contribution is 14.1. The van der Waals surface area contributed by atoms with Crippen LogP contribution in [0.5, 0.6) is 0 Å². The summed E-state index contributed by atoms with van der Waals surface area (Å²) in [6.45, 7) is 1.80. The van der Waals surface area contributed by atoms with E-state index in [1.165, 1.54) is 6.07 Å². The van der Waals surface area contributed by atoms with Crippen LogP contribution in [0.15, 0.2) is 12.1 Å². The summed E-state index contributed by atoms with van der Waals surface area (Å²) in [5, 5.41) is 2.70. The van der Waals surface area contributed by atoms with Crippen LogP contribution in [0.25, 0.3) is 0 Å². The van der Waals surface area contributed by atoms with Gasteiger partial charge in [-0.3, -0.25) is 0 Å². The molecule has 0 spiro atoms. The molecule has 0 unspecified atom stereocenters. The Bertz CT molecular complexity index is 341. The number of hydrogen-bond donors (Lipinski definition) is 1. The van der Waals surface area contributed by atoms with Gasteiger partial charge >= 0.3 is 0 Å². The summed E-state index contributed by atoms with van der Waals surface area (Å²) in [7, 11) is 0. The van der Waals surface area contributed by atoms with E-state index in [-0.39, 0.29) is 5.82 Å². The van der Waals surface area contributed by atoms with Gasteiger partial charge in [0.15, 0.2) is 0 Å². The molecule has 0 amide bonds. The second-order valence-electron chi connectivity index (χ2n) is 2.35. The lowest BCUT2D eigenvalue weighted by atomic mass is 10.2. The third kappa shape index (κ3) is 1.89. The second kappa shape index (κ2) is 3.76. The van der Waals surface area contributed by atoms with Crippen LogP contribution in [0.2, 0.25) is 0 Å². The highest BCUT2D eigenvalue weighted by atomic mass is 127. The minimum atomic E-state index is -0.212. The van der Waals surface area contributed by atoms with E-state index in [4.69, 9.17) is 6.42 Å². The molecule has 1 aromatic rings. The van der Waals surface area contributed by atoms with E-state index in [0.29, 0.717) is 3.57 Å². The van der Waals surface area contributed by atoms with Gasteiger partial charge in [-0.05, 0) is 47.2 Å². The molecule has 0 fully saturated rings. The van der Waals surface area contributed by atoms with E-state index >= 15 is 0 Å². The topological polar surface area (TPSA) is 12.0 Å². The Morgan fingerprint density at radius 1 is 1.58 bits per heavy atom. The van der Waals surface area contributed by atoms with Crippen molar-refractivity contribution in [1.29, 1.82) is 0 Å². The molecule has 0 heterocycles. The Balaban J connectivity index is 3.16. The molecule has 12 heavy (non-hydrogen) atoms. The quantitative estimate of drug-likeness (QED) is 0.472. The molecule has 0 aliphatic heterocycles. The highest BCUT2D eigenvalue weighted by Crippen LogP contribution is 2.20. The highest BCUT2D eigenvalue weighted by Gasteiger charge is 2.03. The van der Waals surface area contributed by atoms with E-state index in [9.17, 15) is 4.39 Å². The maximum atomic E-state index is 12.9. The molecule has 62 valence electrons. The molecular formula is C9H7FIN. The Morgan fingerprint density at radius 2 is 2.25 bits per heavy atom. The predicted molar refractivity (Wildman–Crippen MR) is 56.3 cm³/mol. The van der Waals surface area contributed by atoms with Crippen molar-refractivity contribution in [3.63, 3.8) is 0 Å². The van der Waals surface area contributed by atoms with Crippen molar-refractivity contribution in [3.8, 4) is 12.5 Å². The van der Waals surface area contributed by atoms with Crippen molar-refractivity contribution in [3.05, 3.63) is 27.1 Å². The first kappa shape index (κ1) is 9.33. The Labute approximate surface area is 84.5 Å². The minimum Gasteiger partial charge on any atom is -0.315 e. The van der Waals surface area contributed by atoms with E-state index in [2.05, 4.69) is 11.4 Å². The number of benzene rings is 1. The van der Waals surface area contributed by atoms with Gasteiger partial charge in [-0.25, -0.2) is 4.39 Å². The zero-order valence-corrected chi connectivity index (χ0v) is 8.65. The van der Waals surface area contributed by atoms with E-state index < -0.39 is 0 Å². The third-order valence-corrected chi connectivity index (χ3v) is 2.30. The summed E-state index contributed by atoms with van der Waals surface area (Å²) in [4.78, 5) is 0. The lowest BCUT2D eigenvalue weighted by molar-refractivity contribution is 0.619. The van der Waals surface area contributed by atoms with Gasteiger partial charge in [0.2, 0.25) is 0 Å². The molecule has 0 saturated carbocycles. The normalized spacial score (nSPS) is 9.17. The van der Waals surface area contributed by atoms with Crippen LogP contribution in [0.1, 0.15) is 5.56 Å². The second-order valence-corrected chi connectivity index (χ2v) is 3.51. The molecule has 1 nitrogen and oxygen atoms in total. The molecule has 0 radical (unpaired) electrons. The van der Waals surface area contributed by atoms with Crippen molar-refractivity contribution >= 4 is 28.3 Å². The van der Waals surface area contributed by atoms with Crippen LogP contribution >= 0.6 is 22.6 Å². The van der Waals surface area contributed by atoms with Crippen LogP contribution in [0.3, 0.4) is 0 Å². The van der Waals surface area contributed by atoms with E-state index in [1.54, 1.807) is 13.0 Å². The molecule has 1 N–H and O–H groups in total. The van der Waals surface area contributed by atoms with E-state index in [1.807, 2.05) is 22.6 Å². The smallest absolute Gasteiger partial charge is 0.136 e. The number of anilines is 1. The molecule has 0 aliphatic carbocycles. The maximum Gasteiger partial charge on any atom is 0.136 e. The standard InChI is InChI=1S/C9H7FIN/c1-3-12-9-5-8(11)7(10)4-6(9)2/h1,4-5,12H,2H3. The van der Waals surface area contributed by atoms with Gasteiger partial charge in [0, 0.05) is 6.04 Å². The predicted octanol–water partition coefficient (Wildman–Crippen LogP) is 2.74. The molecule has 0 bridgehead atoms. The minimum absolute atomic E-state index is 0.212. The summed E-state index contributed by atoms with van der Waals surface area (Å²) in [6.07, 6.45) is 5.06. The van der Waals surface area contributed by atoms with Crippen LogP contribution in [0.4, 0.5) is 10.1 Å². The van der Waals surface area contributed by atoms with Crippen molar-refractivity contribution in [1.82, 2.24) is 0 Å². The Kier molecular flexibility index (Phi) is 2.93. The zero-order valence-electron chi connectivity index (χ0n) is 6.49. The monoisotopic (exact) mass is 275 g/mol. The number of aryl methyl sites for hydroxylation is 1. The zero-order chi connectivity index (χ0) is 9.14. The summed E-state index contributed by atoms with van der Waals surface area (Å²) >= 11 is 1.92. The Morgan fingerprint density at radius 3 is 2.83 bits per heavy atom. The van der Waals surface area contributed by atoms with E-state index in [0.717, 1.165) is 11.3 Å². The summed E-state index contributed by atoms with van der Waals surface area (Å²) < 4.78 is 13.5. The molecule has 0 aliphatic rings. The molecule has 0 saturated heterocycles. The van der Waals surface area contributed by atoms with Crippen LogP contribution in [-0.2, 0) is 0 Å². The van der Waals surface area contributed by atoms with Gasteiger partial charge in [-0.2, -0.15) is 0 Å². The van der Waals surface area contributed by atoms with Gasteiger partial charge < -0.3 is 5.32 Å². The molecule has 0 aromatic heterocycles. The molecule has 3 heteroatoms. The summed E-state index contributed by atoms with van der Waals surface area (Å²) in [5.41, 5.74) is 1.59. The lowest BCUT2D eigenvalue weighted by Crippen LogP contribution is -1.93.